The van der Waals surface area contributed by atoms with Gasteiger partial charge in [0.15, 0.2) is 0 Å². The fourth-order valence-corrected chi connectivity index (χ4v) is 2.11. The van der Waals surface area contributed by atoms with Crippen molar-refractivity contribution in [2.75, 3.05) is 26.7 Å². The summed E-state index contributed by atoms with van der Waals surface area (Å²) in [6.07, 6.45) is 2.61. The second kappa shape index (κ2) is 5.47. The van der Waals surface area contributed by atoms with Crippen molar-refractivity contribution in [2.45, 2.75) is 38.2 Å². The van der Waals surface area contributed by atoms with E-state index in [9.17, 15) is 9.90 Å². The van der Waals surface area contributed by atoms with Crippen molar-refractivity contribution in [1.29, 1.82) is 0 Å². The molecule has 4 heteroatoms. The Labute approximate surface area is 91.2 Å². The van der Waals surface area contributed by atoms with Crippen LogP contribution in [0.25, 0.3) is 0 Å². The second-order valence-corrected chi connectivity index (χ2v) is 4.37. The lowest BCUT2D eigenvalue weighted by Gasteiger charge is -2.37. The number of likely N-dealkylation sites (tertiary alicyclic amines) is 1. The number of hydrogen-bond donors (Lipinski definition) is 1. The summed E-state index contributed by atoms with van der Waals surface area (Å²) in [7, 11) is 1.99. The van der Waals surface area contributed by atoms with Gasteiger partial charge < -0.3 is 14.7 Å². The number of esters is 1. The summed E-state index contributed by atoms with van der Waals surface area (Å²) >= 11 is 0. The highest BCUT2D eigenvalue weighted by atomic mass is 16.5. The third kappa shape index (κ3) is 4.18. The topological polar surface area (TPSA) is 49.8 Å². The number of carbonyl (C=O) groups excluding carboxylic acids is 1. The summed E-state index contributed by atoms with van der Waals surface area (Å²) in [6.45, 7) is 3.90. The standard InChI is InChI=1S/C11H21NO3/c1-3-15-10(13)5-7-11(14)6-4-8-12(2)9-11/h14H,3-9H2,1-2H3. The average molecular weight is 215 g/mol. The van der Waals surface area contributed by atoms with Crippen molar-refractivity contribution in [3.05, 3.63) is 0 Å². The maximum atomic E-state index is 11.2. The first-order valence-electron chi connectivity index (χ1n) is 5.62. The van der Waals surface area contributed by atoms with Gasteiger partial charge in [-0.25, -0.2) is 0 Å². The Balaban J connectivity index is 2.32. The number of hydrogen-bond acceptors (Lipinski definition) is 4. The van der Waals surface area contributed by atoms with E-state index in [-0.39, 0.29) is 5.97 Å². The maximum absolute atomic E-state index is 11.2. The van der Waals surface area contributed by atoms with Crippen LogP contribution in [0.4, 0.5) is 0 Å². The van der Waals surface area contributed by atoms with Gasteiger partial charge in [0.05, 0.1) is 12.2 Å². The Hall–Kier alpha value is -0.610. The van der Waals surface area contributed by atoms with E-state index in [0.29, 0.717) is 26.0 Å². The van der Waals surface area contributed by atoms with Crippen LogP contribution in [0, 0.1) is 0 Å². The van der Waals surface area contributed by atoms with E-state index in [0.717, 1.165) is 19.4 Å². The zero-order valence-electron chi connectivity index (χ0n) is 9.66. The van der Waals surface area contributed by atoms with E-state index < -0.39 is 5.60 Å². The van der Waals surface area contributed by atoms with E-state index in [2.05, 4.69) is 4.90 Å². The van der Waals surface area contributed by atoms with Gasteiger partial charge in [-0.3, -0.25) is 4.79 Å². The number of piperidine rings is 1. The van der Waals surface area contributed by atoms with Gasteiger partial charge in [0.25, 0.3) is 0 Å². The zero-order chi connectivity index (χ0) is 11.3. The second-order valence-electron chi connectivity index (χ2n) is 4.37. The summed E-state index contributed by atoms with van der Waals surface area (Å²) in [5.41, 5.74) is -0.695. The predicted molar refractivity (Wildman–Crippen MR) is 57.5 cm³/mol. The van der Waals surface area contributed by atoms with Gasteiger partial charge >= 0.3 is 5.97 Å². The Morgan fingerprint density at radius 3 is 2.93 bits per heavy atom. The first-order valence-corrected chi connectivity index (χ1v) is 5.62. The van der Waals surface area contributed by atoms with Gasteiger partial charge in [0.2, 0.25) is 0 Å². The molecule has 0 radical (unpaired) electrons. The first-order chi connectivity index (χ1) is 7.06. The third-order valence-corrected chi connectivity index (χ3v) is 2.85. The molecule has 1 unspecified atom stereocenters. The molecule has 1 N–H and O–H groups in total. The molecule has 1 aliphatic heterocycles. The normalized spacial score (nSPS) is 27.7. The lowest BCUT2D eigenvalue weighted by Crippen LogP contribution is -2.46. The minimum absolute atomic E-state index is 0.209. The van der Waals surface area contributed by atoms with Gasteiger partial charge in [-0.05, 0) is 39.8 Å². The predicted octanol–water partition coefficient (Wildman–Crippen LogP) is 0.786. The van der Waals surface area contributed by atoms with Crippen LogP contribution in [0.3, 0.4) is 0 Å². The summed E-state index contributed by atoms with van der Waals surface area (Å²) < 4.78 is 4.84. The van der Waals surface area contributed by atoms with Crippen LogP contribution >= 0.6 is 0 Å². The molecular formula is C11H21NO3. The lowest BCUT2D eigenvalue weighted by atomic mass is 9.88. The van der Waals surface area contributed by atoms with Crippen LogP contribution in [0.1, 0.15) is 32.6 Å². The summed E-state index contributed by atoms with van der Waals surface area (Å²) in [4.78, 5) is 13.3. The van der Waals surface area contributed by atoms with Crippen molar-refractivity contribution >= 4 is 5.97 Å². The van der Waals surface area contributed by atoms with Crippen LogP contribution in [-0.4, -0.2) is 48.3 Å². The molecule has 88 valence electrons. The highest BCUT2D eigenvalue weighted by Crippen LogP contribution is 2.25. The summed E-state index contributed by atoms with van der Waals surface area (Å²) in [5.74, 6) is -0.209. The minimum Gasteiger partial charge on any atom is -0.466 e. The smallest absolute Gasteiger partial charge is 0.305 e. The molecule has 0 amide bonds. The Morgan fingerprint density at radius 1 is 1.60 bits per heavy atom. The van der Waals surface area contributed by atoms with Crippen LogP contribution in [0.5, 0.6) is 0 Å². The number of nitrogens with zero attached hydrogens (tertiary/aromatic N) is 1. The molecule has 1 fully saturated rings. The molecule has 0 saturated carbocycles. The van der Waals surface area contributed by atoms with E-state index in [4.69, 9.17) is 4.74 Å². The maximum Gasteiger partial charge on any atom is 0.305 e. The molecule has 1 atom stereocenters. The van der Waals surface area contributed by atoms with Crippen molar-refractivity contribution < 1.29 is 14.6 Å². The van der Waals surface area contributed by atoms with Crippen molar-refractivity contribution in [3.8, 4) is 0 Å². The summed E-state index contributed by atoms with van der Waals surface area (Å²) in [5, 5.41) is 10.2. The molecule has 1 heterocycles. The van der Waals surface area contributed by atoms with E-state index in [1.54, 1.807) is 6.92 Å². The largest absolute Gasteiger partial charge is 0.466 e. The van der Waals surface area contributed by atoms with E-state index >= 15 is 0 Å². The molecular weight excluding hydrogens is 194 g/mol. The molecule has 0 aromatic rings. The molecule has 1 saturated heterocycles. The zero-order valence-corrected chi connectivity index (χ0v) is 9.66. The molecule has 1 aliphatic rings. The van der Waals surface area contributed by atoms with Crippen LogP contribution in [-0.2, 0) is 9.53 Å². The van der Waals surface area contributed by atoms with Crippen molar-refractivity contribution in [1.82, 2.24) is 4.90 Å². The van der Waals surface area contributed by atoms with Crippen LogP contribution < -0.4 is 0 Å². The van der Waals surface area contributed by atoms with Gasteiger partial charge in [0.1, 0.15) is 0 Å². The number of likely N-dealkylation sites (N-methyl/N-ethyl adjacent to an activating group) is 1. The number of carbonyl (C=O) groups is 1. The molecule has 1 rings (SSSR count). The number of aliphatic hydroxyl groups is 1. The highest BCUT2D eigenvalue weighted by molar-refractivity contribution is 5.69. The van der Waals surface area contributed by atoms with E-state index in [1.807, 2.05) is 7.05 Å². The third-order valence-electron chi connectivity index (χ3n) is 2.85. The Morgan fingerprint density at radius 2 is 2.33 bits per heavy atom. The fourth-order valence-electron chi connectivity index (χ4n) is 2.11. The number of β-amino-alcohol motifs (C(OH)–C–C–N with tert-alkyl or cyclic N) is 1. The molecule has 0 aromatic carbocycles. The Kier molecular flexibility index (Phi) is 4.54. The summed E-state index contributed by atoms with van der Waals surface area (Å²) in [6, 6.07) is 0. The lowest BCUT2D eigenvalue weighted by molar-refractivity contribution is -0.145. The molecule has 0 spiro atoms. The van der Waals surface area contributed by atoms with Crippen LogP contribution in [0.15, 0.2) is 0 Å². The molecule has 15 heavy (non-hydrogen) atoms. The van der Waals surface area contributed by atoms with Gasteiger partial charge in [0, 0.05) is 13.0 Å². The number of rotatable bonds is 4. The van der Waals surface area contributed by atoms with Crippen LogP contribution in [0.2, 0.25) is 0 Å². The monoisotopic (exact) mass is 215 g/mol. The number of ether oxygens (including phenoxy) is 1. The van der Waals surface area contributed by atoms with Gasteiger partial charge in [-0.1, -0.05) is 0 Å². The Bertz CT molecular complexity index is 220. The average Bonchev–Trinajstić information content (AvgIpc) is 2.15. The highest BCUT2D eigenvalue weighted by Gasteiger charge is 2.32. The van der Waals surface area contributed by atoms with Gasteiger partial charge in [-0.15, -0.1) is 0 Å². The minimum atomic E-state index is -0.695. The molecule has 0 bridgehead atoms. The SMILES string of the molecule is CCOC(=O)CCC1(O)CCCN(C)C1. The van der Waals surface area contributed by atoms with Gasteiger partial charge in [-0.2, -0.15) is 0 Å². The van der Waals surface area contributed by atoms with E-state index in [1.165, 1.54) is 0 Å². The molecule has 0 aromatic heterocycles. The molecule has 4 nitrogen and oxygen atoms in total. The van der Waals surface area contributed by atoms with Crippen molar-refractivity contribution in [3.63, 3.8) is 0 Å². The first kappa shape index (κ1) is 12.5. The van der Waals surface area contributed by atoms with Crippen molar-refractivity contribution in [2.24, 2.45) is 0 Å². The fraction of sp³-hybridized carbons (Fsp3) is 0.909. The molecule has 0 aliphatic carbocycles. The quantitative estimate of drug-likeness (QED) is 0.704.